The Balaban J connectivity index is 2.43. The Kier molecular flexibility index (Phi) is 5.63. The van der Waals surface area contributed by atoms with Crippen LogP contribution >= 0.6 is 27.5 Å². The maximum Gasteiger partial charge on any atom is 0.221 e. The van der Waals surface area contributed by atoms with E-state index < -0.39 is 0 Å². The first-order valence-corrected chi connectivity index (χ1v) is 6.26. The molecule has 0 aliphatic heterocycles. The third kappa shape index (κ3) is 4.02. The Labute approximate surface area is 109 Å². The molecule has 1 rings (SSSR count). The molecule has 0 spiro atoms. The van der Waals surface area contributed by atoms with Crippen LogP contribution in [0.2, 0.25) is 5.02 Å². The molecule has 3 nitrogen and oxygen atoms in total. The predicted octanol–water partition coefficient (Wildman–Crippen LogP) is 3.04. The fraction of sp³-hybridized carbons (Fsp3) is 0.364. The Morgan fingerprint density at radius 3 is 2.94 bits per heavy atom. The molecular formula is C11H14BrClN2O. The van der Waals surface area contributed by atoms with E-state index in [9.17, 15) is 4.79 Å². The van der Waals surface area contributed by atoms with E-state index in [2.05, 4.69) is 26.6 Å². The molecule has 16 heavy (non-hydrogen) atoms. The maximum atomic E-state index is 11.2. The molecule has 0 unspecified atom stereocenters. The lowest BCUT2D eigenvalue weighted by atomic mass is 10.3. The van der Waals surface area contributed by atoms with Gasteiger partial charge in [0.2, 0.25) is 5.91 Å². The van der Waals surface area contributed by atoms with Crippen molar-refractivity contribution in [3.8, 4) is 0 Å². The van der Waals surface area contributed by atoms with Crippen LogP contribution in [-0.4, -0.2) is 19.0 Å². The molecular weight excluding hydrogens is 291 g/mol. The first kappa shape index (κ1) is 13.3. The largest absolute Gasteiger partial charge is 0.384 e. The number of carbonyl (C=O) groups excluding carboxylic acids is 1. The van der Waals surface area contributed by atoms with Gasteiger partial charge >= 0.3 is 0 Å². The highest BCUT2D eigenvalue weighted by Gasteiger charge is 2.04. The van der Waals surface area contributed by atoms with E-state index in [4.69, 9.17) is 11.6 Å². The highest BCUT2D eigenvalue weighted by Crippen LogP contribution is 2.29. The molecule has 0 aromatic heterocycles. The topological polar surface area (TPSA) is 41.1 Å². The molecule has 0 aliphatic carbocycles. The van der Waals surface area contributed by atoms with Crippen molar-refractivity contribution in [1.82, 2.24) is 5.32 Å². The van der Waals surface area contributed by atoms with Gasteiger partial charge in [-0.2, -0.15) is 0 Å². The zero-order chi connectivity index (χ0) is 12.0. The van der Waals surface area contributed by atoms with Gasteiger partial charge in [-0.25, -0.2) is 0 Å². The van der Waals surface area contributed by atoms with Gasteiger partial charge in [0.05, 0.1) is 9.50 Å². The second kappa shape index (κ2) is 6.76. The summed E-state index contributed by atoms with van der Waals surface area (Å²) in [6, 6.07) is 5.58. The molecule has 0 bridgehead atoms. The maximum absolute atomic E-state index is 11.2. The Morgan fingerprint density at radius 2 is 2.25 bits per heavy atom. The molecule has 0 saturated carbocycles. The molecule has 0 saturated heterocycles. The van der Waals surface area contributed by atoms with Crippen LogP contribution in [0.3, 0.4) is 0 Å². The first-order chi connectivity index (χ1) is 7.65. The number of carbonyl (C=O) groups is 1. The minimum atomic E-state index is 0.0492. The van der Waals surface area contributed by atoms with Crippen LogP contribution in [-0.2, 0) is 4.79 Å². The molecule has 1 aromatic rings. The molecule has 0 aliphatic rings. The minimum Gasteiger partial charge on any atom is -0.384 e. The molecule has 5 heteroatoms. The zero-order valence-electron chi connectivity index (χ0n) is 9.02. The van der Waals surface area contributed by atoms with E-state index in [0.29, 0.717) is 24.5 Å². The highest BCUT2D eigenvalue weighted by molar-refractivity contribution is 9.10. The summed E-state index contributed by atoms with van der Waals surface area (Å²) in [5.41, 5.74) is 0.900. The van der Waals surface area contributed by atoms with E-state index in [0.717, 1.165) is 10.2 Å². The number of halogens is 2. The van der Waals surface area contributed by atoms with Crippen molar-refractivity contribution in [2.45, 2.75) is 13.3 Å². The molecule has 1 aromatic carbocycles. The van der Waals surface area contributed by atoms with Gasteiger partial charge in [0.1, 0.15) is 0 Å². The van der Waals surface area contributed by atoms with Gasteiger partial charge in [-0.1, -0.05) is 17.7 Å². The van der Waals surface area contributed by atoms with Crippen LogP contribution in [0, 0.1) is 0 Å². The minimum absolute atomic E-state index is 0.0492. The quantitative estimate of drug-likeness (QED) is 0.878. The van der Waals surface area contributed by atoms with Gasteiger partial charge in [0.25, 0.3) is 0 Å². The van der Waals surface area contributed by atoms with Crippen LogP contribution in [0.15, 0.2) is 22.7 Å². The van der Waals surface area contributed by atoms with Crippen LogP contribution in [0.4, 0.5) is 5.69 Å². The average molecular weight is 306 g/mol. The summed E-state index contributed by atoms with van der Waals surface area (Å²) in [5.74, 6) is 0.0492. The number of hydrogen-bond donors (Lipinski definition) is 2. The smallest absolute Gasteiger partial charge is 0.221 e. The molecule has 0 radical (unpaired) electrons. The lowest BCUT2D eigenvalue weighted by Crippen LogP contribution is -2.24. The van der Waals surface area contributed by atoms with Gasteiger partial charge in [0.15, 0.2) is 0 Å². The van der Waals surface area contributed by atoms with Gasteiger partial charge in [-0.3, -0.25) is 4.79 Å². The standard InChI is InChI=1S/C11H14BrClN2O/c1-2-14-10(16)6-7-15-9-5-3-4-8(13)11(9)12/h3-5,15H,2,6-7H2,1H3,(H,14,16). The van der Waals surface area contributed by atoms with E-state index in [1.54, 1.807) is 6.07 Å². The summed E-state index contributed by atoms with van der Waals surface area (Å²) >= 11 is 9.32. The molecule has 0 atom stereocenters. The summed E-state index contributed by atoms with van der Waals surface area (Å²) in [5, 5.41) is 6.55. The Bertz CT molecular complexity index is 371. The monoisotopic (exact) mass is 304 g/mol. The average Bonchev–Trinajstić information content (AvgIpc) is 2.25. The molecule has 88 valence electrons. The van der Waals surface area contributed by atoms with Crippen LogP contribution < -0.4 is 10.6 Å². The number of amides is 1. The van der Waals surface area contributed by atoms with Crippen LogP contribution in [0.1, 0.15) is 13.3 Å². The number of rotatable bonds is 5. The summed E-state index contributed by atoms with van der Waals surface area (Å²) < 4.78 is 0.826. The van der Waals surface area contributed by atoms with Crippen molar-refractivity contribution in [3.63, 3.8) is 0 Å². The van der Waals surface area contributed by atoms with Crippen molar-refractivity contribution in [3.05, 3.63) is 27.7 Å². The number of hydrogen-bond acceptors (Lipinski definition) is 2. The lowest BCUT2D eigenvalue weighted by molar-refractivity contribution is -0.120. The predicted molar refractivity (Wildman–Crippen MR) is 70.9 cm³/mol. The molecule has 2 N–H and O–H groups in total. The molecule has 1 amide bonds. The van der Waals surface area contributed by atoms with Crippen molar-refractivity contribution >= 4 is 39.1 Å². The summed E-state index contributed by atoms with van der Waals surface area (Å²) in [6.45, 7) is 3.16. The highest BCUT2D eigenvalue weighted by atomic mass is 79.9. The van der Waals surface area contributed by atoms with Crippen molar-refractivity contribution < 1.29 is 4.79 Å². The van der Waals surface area contributed by atoms with E-state index in [1.165, 1.54) is 0 Å². The third-order valence-corrected chi connectivity index (χ3v) is 3.39. The zero-order valence-corrected chi connectivity index (χ0v) is 11.4. The second-order valence-corrected chi connectivity index (χ2v) is 4.43. The van der Waals surface area contributed by atoms with Gasteiger partial charge in [0, 0.05) is 25.2 Å². The third-order valence-electron chi connectivity index (χ3n) is 1.99. The lowest BCUT2D eigenvalue weighted by Gasteiger charge is -2.09. The summed E-state index contributed by atoms with van der Waals surface area (Å²) in [7, 11) is 0. The van der Waals surface area contributed by atoms with Crippen molar-refractivity contribution in [2.75, 3.05) is 18.4 Å². The summed E-state index contributed by atoms with van der Waals surface area (Å²) in [4.78, 5) is 11.2. The van der Waals surface area contributed by atoms with Crippen LogP contribution in [0.5, 0.6) is 0 Å². The van der Waals surface area contributed by atoms with Crippen LogP contribution in [0.25, 0.3) is 0 Å². The van der Waals surface area contributed by atoms with E-state index in [-0.39, 0.29) is 5.91 Å². The second-order valence-electron chi connectivity index (χ2n) is 3.23. The Hall–Kier alpha value is -0.740. The first-order valence-electron chi connectivity index (χ1n) is 5.09. The fourth-order valence-corrected chi connectivity index (χ4v) is 1.82. The van der Waals surface area contributed by atoms with Gasteiger partial charge < -0.3 is 10.6 Å². The molecule has 0 fully saturated rings. The van der Waals surface area contributed by atoms with Crippen molar-refractivity contribution in [1.29, 1.82) is 0 Å². The normalized spacial score (nSPS) is 9.94. The number of nitrogens with one attached hydrogen (secondary N) is 2. The number of anilines is 1. The van der Waals surface area contributed by atoms with E-state index >= 15 is 0 Å². The van der Waals surface area contributed by atoms with Gasteiger partial charge in [-0.05, 0) is 35.0 Å². The Morgan fingerprint density at radius 1 is 1.50 bits per heavy atom. The van der Waals surface area contributed by atoms with Gasteiger partial charge in [-0.15, -0.1) is 0 Å². The van der Waals surface area contributed by atoms with E-state index in [1.807, 2.05) is 19.1 Å². The summed E-state index contributed by atoms with van der Waals surface area (Å²) in [6.07, 6.45) is 0.451. The SMILES string of the molecule is CCNC(=O)CCNc1cccc(Cl)c1Br. The number of benzene rings is 1. The fourth-order valence-electron chi connectivity index (χ4n) is 1.24. The van der Waals surface area contributed by atoms with Crippen molar-refractivity contribution in [2.24, 2.45) is 0 Å². The molecule has 0 heterocycles.